The zero-order valence-electron chi connectivity index (χ0n) is 18.1. The Morgan fingerprint density at radius 3 is 2.33 bits per heavy atom. The minimum absolute atomic E-state index is 0.0926. The molecule has 0 spiro atoms. The Bertz CT molecular complexity index is 770. The Kier molecular flexibility index (Phi) is 5.55. The SMILES string of the molecule is CC1(C)OB(c2cnc(N(C3CC3)[C@@H]3CCN(C(=O)[C@@H](O)CO)C3)nc2)OC1(C)C. The second kappa shape index (κ2) is 7.74. The van der Waals surface area contributed by atoms with Gasteiger partial charge < -0.3 is 29.3 Å². The molecule has 3 fully saturated rings. The summed E-state index contributed by atoms with van der Waals surface area (Å²) in [6.45, 7) is 8.53. The van der Waals surface area contributed by atoms with Crippen molar-refractivity contribution in [3.63, 3.8) is 0 Å². The Morgan fingerprint density at radius 2 is 1.80 bits per heavy atom. The first-order chi connectivity index (χ1) is 14.1. The minimum Gasteiger partial charge on any atom is -0.399 e. The summed E-state index contributed by atoms with van der Waals surface area (Å²) < 4.78 is 12.2. The molecule has 3 aliphatic rings. The Labute approximate surface area is 177 Å². The maximum absolute atomic E-state index is 12.2. The molecule has 1 amide bonds. The predicted molar refractivity (Wildman–Crippen MR) is 111 cm³/mol. The van der Waals surface area contributed by atoms with E-state index in [9.17, 15) is 9.90 Å². The van der Waals surface area contributed by atoms with Gasteiger partial charge in [-0.15, -0.1) is 0 Å². The fraction of sp³-hybridized carbons (Fsp3) is 0.750. The van der Waals surface area contributed by atoms with E-state index in [1.54, 1.807) is 17.3 Å². The van der Waals surface area contributed by atoms with Gasteiger partial charge >= 0.3 is 7.12 Å². The van der Waals surface area contributed by atoms with Gasteiger partial charge in [-0.25, -0.2) is 9.97 Å². The molecule has 1 aliphatic carbocycles. The quantitative estimate of drug-likeness (QED) is 0.607. The predicted octanol–water partition coefficient (Wildman–Crippen LogP) is -0.301. The molecule has 1 saturated carbocycles. The highest BCUT2D eigenvalue weighted by Crippen LogP contribution is 2.37. The van der Waals surface area contributed by atoms with Crippen LogP contribution >= 0.6 is 0 Å². The molecule has 1 aromatic heterocycles. The molecule has 2 saturated heterocycles. The number of hydrogen-bond acceptors (Lipinski definition) is 8. The van der Waals surface area contributed by atoms with Gasteiger partial charge in [0.1, 0.15) is 0 Å². The first-order valence-electron chi connectivity index (χ1n) is 10.7. The highest BCUT2D eigenvalue weighted by atomic mass is 16.7. The number of anilines is 1. The van der Waals surface area contributed by atoms with Crippen LogP contribution in [-0.2, 0) is 14.1 Å². The van der Waals surface area contributed by atoms with Crippen molar-refractivity contribution >= 4 is 24.4 Å². The fourth-order valence-electron chi connectivity index (χ4n) is 4.00. The summed E-state index contributed by atoms with van der Waals surface area (Å²) in [4.78, 5) is 25.2. The molecular formula is C20H31BN4O5. The van der Waals surface area contributed by atoms with E-state index in [2.05, 4.69) is 14.9 Å². The van der Waals surface area contributed by atoms with Gasteiger partial charge in [0.2, 0.25) is 5.95 Å². The second-order valence-corrected chi connectivity index (χ2v) is 9.47. The van der Waals surface area contributed by atoms with Crippen molar-refractivity contribution in [2.75, 3.05) is 24.6 Å². The van der Waals surface area contributed by atoms with E-state index < -0.39 is 36.9 Å². The highest BCUT2D eigenvalue weighted by Gasteiger charge is 2.52. The summed E-state index contributed by atoms with van der Waals surface area (Å²) in [5.41, 5.74) is -0.0625. The highest BCUT2D eigenvalue weighted by molar-refractivity contribution is 6.61. The molecule has 0 radical (unpaired) electrons. The van der Waals surface area contributed by atoms with E-state index in [0.717, 1.165) is 24.7 Å². The summed E-state index contributed by atoms with van der Waals surface area (Å²) in [6, 6.07) is 0.463. The third-order valence-corrected chi connectivity index (χ3v) is 6.68. The van der Waals surface area contributed by atoms with Crippen molar-refractivity contribution in [3.8, 4) is 0 Å². The number of nitrogens with zero attached hydrogens (tertiary/aromatic N) is 4. The van der Waals surface area contributed by atoms with Gasteiger partial charge in [0.15, 0.2) is 6.10 Å². The van der Waals surface area contributed by atoms with Crippen LogP contribution in [0.2, 0.25) is 0 Å². The number of aromatic nitrogens is 2. The van der Waals surface area contributed by atoms with Gasteiger partial charge in [-0.05, 0) is 47.0 Å². The monoisotopic (exact) mass is 418 g/mol. The minimum atomic E-state index is -1.35. The summed E-state index contributed by atoms with van der Waals surface area (Å²) in [7, 11) is -0.502. The Hall–Kier alpha value is -1.75. The smallest absolute Gasteiger partial charge is 0.399 e. The molecule has 0 aromatic carbocycles. The van der Waals surface area contributed by atoms with Crippen LogP contribution in [-0.4, -0.2) is 87.2 Å². The largest absolute Gasteiger partial charge is 0.498 e. The zero-order chi connectivity index (χ0) is 21.7. The third-order valence-electron chi connectivity index (χ3n) is 6.68. The number of amides is 1. The van der Waals surface area contributed by atoms with Crippen LogP contribution in [0.25, 0.3) is 0 Å². The maximum atomic E-state index is 12.2. The van der Waals surface area contributed by atoms with Gasteiger partial charge in [0.25, 0.3) is 5.91 Å². The molecule has 0 bridgehead atoms. The van der Waals surface area contributed by atoms with E-state index in [0.29, 0.717) is 25.1 Å². The van der Waals surface area contributed by atoms with E-state index in [4.69, 9.17) is 14.4 Å². The average Bonchev–Trinajstić information content (AvgIpc) is 3.36. The van der Waals surface area contributed by atoms with Crippen molar-refractivity contribution in [2.24, 2.45) is 0 Å². The van der Waals surface area contributed by atoms with Crippen LogP contribution in [0.3, 0.4) is 0 Å². The summed E-state index contributed by atoms with van der Waals surface area (Å²) in [6.07, 6.45) is 5.09. The Balaban J connectivity index is 1.47. The first-order valence-corrected chi connectivity index (χ1v) is 10.7. The van der Waals surface area contributed by atoms with Gasteiger partial charge in [-0.2, -0.15) is 0 Å². The van der Waals surface area contributed by atoms with Gasteiger partial charge in [0, 0.05) is 37.0 Å². The molecule has 2 atom stereocenters. The van der Waals surface area contributed by atoms with Crippen LogP contribution in [0.15, 0.2) is 12.4 Å². The lowest BCUT2D eigenvalue weighted by atomic mass is 9.81. The van der Waals surface area contributed by atoms with Crippen molar-refractivity contribution in [1.82, 2.24) is 14.9 Å². The van der Waals surface area contributed by atoms with Crippen LogP contribution in [0.4, 0.5) is 5.95 Å². The van der Waals surface area contributed by atoms with Crippen molar-refractivity contribution in [1.29, 1.82) is 0 Å². The lowest BCUT2D eigenvalue weighted by molar-refractivity contribution is -0.141. The van der Waals surface area contributed by atoms with Crippen LogP contribution in [0.5, 0.6) is 0 Å². The Morgan fingerprint density at radius 1 is 1.20 bits per heavy atom. The van der Waals surface area contributed by atoms with E-state index in [1.807, 2.05) is 27.7 Å². The molecule has 2 aliphatic heterocycles. The first kappa shape index (κ1) is 21.5. The number of carbonyl (C=O) groups is 1. The molecule has 1 aromatic rings. The standard InChI is InChI=1S/C20H31BN4O5/c1-19(2)20(3,4)30-21(29-19)13-9-22-18(23-10-13)25(14-5-6-14)15-7-8-24(11-15)17(28)16(27)12-26/h9-10,14-16,26-27H,5-8,11-12H2,1-4H3/t15-,16+/m1/s1. The number of aliphatic hydroxyl groups excluding tert-OH is 2. The normalized spacial score (nSPS) is 26.1. The molecule has 0 unspecified atom stereocenters. The molecule has 3 heterocycles. The van der Waals surface area contributed by atoms with Crippen molar-refractivity contribution < 1.29 is 24.3 Å². The van der Waals surface area contributed by atoms with Crippen LogP contribution in [0, 0.1) is 0 Å². The van der Waals surface area contributed by atoms with Crippen molar-refractivity contribution in [2.45, 2.75) is 76.3 Å². The zero-order valence-corrected chi connectivity index (χ0v) is 18.1. The van der Waals surface area contributed by atoms with E-state index in [1.165, 1.54) is 0 Å². The van der Waals surface area contributed by atoms with Gasteiger partial charge in [-0.3, -0.25) is 4.79 Å². The number of aliphatic hydroxyl groups is 2. The molecular weight excluding hydrogens is 387 g/mol. The van der Waals surface area contributed by atoms with Crippen molar-refractivity contribution in [3.05, 3.63) is 12.4 Å². The lowest BCUT2D eigenvalue weighted by Crippen LogP contribution is -2.44. The molecule has 9 nitrogen and oxygen atoms in total. The molecule has 30 heavy (non-hydrogen) atoms. The number of carbonyl (C=O) groups excluding carboxylic acids is 1. The average molecular weight is 418 g/mol. The van der Waals surface area contributed by atoms with Gasteiger partial charge in [-0.1, -0.05) is 0 Å². The molecule has 4 rings (SSSR count). The molecule has 164 valence electrons. The molecule has 10 heteroatoms. The summed E-state index contributed by atoms with van der Waals surface area (Å²) >= 11 is 0. The summed E-state index contributed by atoms with van der Waals surface area (Å²) in [5, 5.41) is 18.7. The fourth-order valence-corrected chi connectivity index (χ4v) is 4.00. The van der Waals surface area contributed by atoms with Crippen LogP contribution < -0.4 is 10.4 Å². The number of rotatable bonds is 6. The third kappa shape index (κ3) is 3.93. The second-order valence-electron chi connectivity index (χ2n) is 9.47. The number of hydrogen-bond donors (Lipinski definition) is 2. The van der Waals surface area contributed by atoms with Crippen LogP contribution in [0.1, 0.15) is 47.0 Å². The maximum Gasteiger partial charge on any atom is 0.498 e. The summed E-state index contributed by atoms with van der Waals surface area (Å²) in [5.74, 6) is 0.215. The topological polar surface area (TPSA) is 108 Å². The number of likely N-dealkylation sites (tertiary alicyclic amines) is 1. The van der Waals surface area contributed by atoms with E-state index >= 15 is 0 Å². The lowest BCUT2D eigenvalue weighted by Gasteiger charge is -2.32. The van der Waals surface area contributed by atoms with Gasteiger partial charge in [0.05, 0.1) is 23.9 Å². The van der Waals surface area contributed by atoms with E-state index in [-0.39, 0.29) is 6.04 Å². The molecule has 2 N–H and O–H groups in total.